The summed E-state index contributed by atoms with van der Waals surface area (Å²) in [5.41, 5.74) is 4.90. The lowest BCUT2D eigenvalue weighted by molar-refractivity contribution is -0.112. The molecule has 0 saturated carbocycles. The summed E-state index contributed by atoms with van der Waals surface area (Å²) >= 11 is 0. The van der Waals surface area contributed by atoms with E-state index in [9.17, 15) is 4.79 Å². The summed E-state index contributed by atoms with van der Waals surface area (Å²) in [5, 5.41) is 4.22. The number of fused-ring (bicyclic) bond motifs is 1. The predicted octanol–water partition coefficient (Wildman–Crippen LogP) is 5.21. The molecule has 1 saturated heterocycles. The number of hydrogen-bond donors (Lipinski definition) is 0. The van der Waals surface area contributed by atoms with Crippen LogP contribution in [0.2, 0.25) is 0 Å². The average molecular weight is 511 g/mol. The van der Waals surface area contributed by atoms with Crippen LogP contribution in [0.25, 0.3) is 0 Å². The second-order valence-corrected chi connectivity index (χ2v) is 10.6. The Morgan fingerprint density at radius 3 is 2.03 bits per heavy atom. The van der Waals surface area contributed by atoms with Gasteiger partial charge in [0.2, 0.25) is 0 Å². The number of anilines is 1. The maximum atomic E-state index is 13.2. The molecule has 6 nitrogen and oxygen atoms in total. The van der Waals surface area contributed by atoms with Crippen molar-refractivity contribution in [3.63, 3.8) is 0 Å². The van der Waals surface area contributed by atoms with Crippen LogP contribution in [0.4, 0.5) is 5.69 Å². The predicted molar refractivity (Wildman–Crippen MR) is 153 cm³/mol. The van der Waals surface area contributed by atoms with Gasteiger partial charge in [0, 0.05) is 38.3 Å². The number of nitrogens with zero attached hydrogens (tertiary/aromatic N) is 4. The molecule has 2 aliphatic heterocycles. The van der Waals surface area contributed by atoms with E-state index < -0.39 is 0 Å². The van der Waals surface area contributed by atoms with Crippen molar-refractivity contribution in [1.29, 1.82) is 0 Å². The second kappa shape index (κ2) is 12.4. The molecule has 198 valence electrons. The smallest absolute Gasteiger partial charge is 0.281 e. The average Bonchev–Trinajstić information content (AvgIpc) is 3.21. The van der Waals surface area contributed by atoms with Gasteiger partial charge in [0.25, 0.3) is 5.91 Å². The number of hydrogen-bond acceptors (Lipinski definition) is 5. The van der Waals surface area contributed by atoms with Gasteiger partial charge >= 0.3 is 0 Å². The van der Waals surface area contributed by atoms with Gasteiger partial charge in [-0.25, -0.2) is 0 Å². The monoisotopic (exact) mass is 510 g/mol. The lowest BCUT2D eigenvalue weighted by Crippen LogP contribution is -2.48. The van der Waals surface area contributed by atoms with Crippen molar-refractivity contribution in [1.82, 2.24) is 9.80 Å². The van der Waals surface area contributed by atoms with E-state index in [1.807, 2.05) is 29.2 Å². The molecular formula is C32H38N4O2. The van der Waals surface area contributed by atoms with Gasteiger partial charge < -0.3 is 14.6 Å². The van der Waals surface area contributed by atoms with Crippen molar-refractivity contribution in [2.45, 2.75) is 26.3 Å². The van der Waals surface area contributed by atoms with E-state index in [1.165, 1.54) is 11.1 Å². The maximum absolute atomic E-state index is 13.2. The Labute approximate surface area is 226 Å². The van der Waals surface area contributed by atoms with Crippen LogP contribution in [0, 0.1) is 5.92 Å². The lowest BCUT2D eigenvalue weighted by Gasteiger charge is -2.40. The fourth-order valence-electron chi connectivity index (χ4n) is 5.41. The molecule has 6 heteroatoms. The van der Waals surface area contributed by atoms with Gasteiger partial charge in [-0.3, -0.25) is 9.69 Å². The molecule has 0 unspecified atom stereocenters. The fourth-order valence-corrected chi connectivity index (χ4v) is 5.41. The van der Waals surface area contributed by atoms with Crippen LogP contribution in [-0.4, -0.2) is 67.3 Å². The Morgan fingerprint density at radius 2 is 1.39 bits per heavy atom. The summed E-state index contributed by atoms with van der Waals surface area (Å²) in [6.07, 6.45) is 0.918. The number of benzene rings is 3. The molecule has 2 heterocycles. The van der Waals surface area contributed by atoms with Crippen molar-refractivity contribution in [3.8, 4) is 0 Å². The summed E-state index contributed by atoms with van der Waals surface area (Å²) in [5.74, 6) is 0.298. The van der Waals surface area contributed by atoms with E-state index in [4.69, 9.17) is 4.84 Å². The zero-order valence-electron chi connectivity index (χ0n) is 22.5. The number of carbonyl (C=O) groups is 1. The maximum Gasteiger partial charge on any atom is 0.281 e. The minimum absolute atomic E-state index is 0.0617. The molecule has 3 aromatic carbocycles. The number of amides is 1. The number of oxime groups is 1. The first-order chi connectivity index (χ1) is 18.6. The third-order valence-corrected chi connectivity index (χ3v) is 7.32. The summed E-state index contributed by atoms with van der Waals surface area (Å²) in [6.45, 7) is 10.4. The van der Waals surface area contributed by atoms with E-state index in [-0.39, 0.29) is 11.9 Å². The Balaban J connectivity index is 1.17. The molecule has 0 N–H and O–H groups in total. The third-order valence-electron chi connectivity index (χ3n) is 7.32. The van der Waals surface area contributed by atoms with Crippen LogP contribution < -0.4 is 4.90 Å². The molecule has 38 heavy (non-hydrogen) atoms. The molecule has 0 bridgehead atoms. The topological polar surface area (TPSA) is 48.4 Å². The van der Waals surface area contributed by atoms with E-state index in [0.29, 0.717) is 24.8 Å². The Kier molecular flexibility index (Phi) is 8.51. The summed E-state index contributed by atoms with van der Waals surface area (Å²) < 4.78 is 0. The van der Waals surface area contributed by atoms with Crippen molar-refractivity contribution in [3.05, 3.63) is 102 Å². The molecule has 2 aliphatic rings. The van der Waals surface area contributed by atoms with E-state index in [0.717, 1.165) is 50.4 Å². The highest BCUT2D eigenvalue weighted by atomic mass is 16.6. The molecule has 0 radical (unpaired) electrons. The molecule has 0 aliphatic carbocycles. The highest BCUT2D eigenvalue weighted by Crippen LogP contribution is 2.31. The van der Waals surface area contributed by atoms with Crippen molar-refractivity contribution in [2.75, 3.05) is 50.8 Å². The van der Waals surface area contributed by atoms with E-state index in [2.05, 4.69) is 89.5 Å². The lowest BCUT2D eigenvalue weighted by atomic mass is 9.96. The molecule has 1 amide bonds. The first kappa shape index (κ1) is 26.1. The fraction of sp³-hybridized carbons (Fsp3) is 0.375. The third kappa shape index (κ3) is 5.98. The zero-order valence-corrected chi connectivity index (χ0v) is 22.5. The van der Waals surface area contributed by atoms with Crippen molar-refractivity contribution in [2.24, 2.45) is 11.1 Å². The number of carbonyl (C=O) groups excluding carboxylic acids is 1. The quantitative estimate of drug-likeness (QED) is 0.352. The minimum Gasteiger partial charge on any atom is -0.395 e. The van der Waals surface area contributed by atoms with Crippen LogP contribution >= 0.6 is 0 Å². The van der Waals surface area contributed by atoms with E-state index >= 15 is 0 Å². The second-order valence-electron chi connectivity index (χ2n) is 10.6. The van der Waals surface area contributed by atoms with Gasteiger partial charge in [-0.1, -0.05) is 97.9 Å². The van der Waals surface area contributed by atoms with Gasteiger partial charge in [0.15, 0.2) is 5.71 Å². The van der Waals surface area contributed by atoms with Gasteiger partial charge in [0.05, 0.1) is 11.7 Å². The highest BCUT2D eigenvalue weighted by Gasteiger charge is 2.34. The van der Waals surface area contributed by atoms with Crippen molar-refractivity contribution < 1.29 is 9.63 Å². The van der Waals surface area contributed by atoms with E-state index in [1.54, 1.807) is 0 Å². The summed E-state index contributed by atoms with van der Waals surface area (Å²) in [6, 6.07) is 29.8. The summed E-state index contributed by atoms with van der Waals surface area (Å²) in [7, 11) is 0. The molecule has 1 fully saturated rings. The largest absolute Gasteiger partial charge is 0.395 e. The van der Waals surface area contributed by atoms with Crippen LogP contribution in [0.5, 0.6) is 0 Å². The van der Waals surface area contributed by atoms with Crippen LogP contribution in [-0.2, 0) is 9.63 Å². The van der Waals surface area contributed by atoms with Crippen LogP contribution in [0.3, 0.4) is 0 Å². The number of piperazine rings is 1. The molecule has 0 atom stereocenters. The first-order valence-electron chi connectivity index (χ1n) is 13.8. The molecule has 3 aromatic rings. The Bertz CT molecular complexity index is 1180. The minimum atomic E-state index is -0.0617. The molecular weight excluding hydrogens is 472 g/mol. The van der Waals surface area contributed by atoms with Crippen LogP contribution in [0.1, 0.15) is 43.0 Å². The number of rotatable bonds is 10. The SMILES string of the molecule is CC(C)CO/N=C1\C(=O)N(CCCN2CCN(C(c3ccccc3)c3ccccc3)CC2)c2ccccc21. The van der Waals surface area contributed by atoms with Gasteiger partial charge in [-0.2, -0.15) is 0 Å². The number of para-hydroxylation sites is 1. The van der Waals surface area contributed by atoms with Gasteiger partial charge in [-0.15, -0.1) is 0 Å². The molecule has 0 aromatic heterocycles. The first-order valence-corrected chi connectivity index (χ1v) is 13.8. The Hall–Kier alpha value is -3.48. The summed E-state index contributed by atoms with van der Waals surface area (Å²) in [4.78, 5) is 25.7. The zero-order chi connectivity index (χ0) is 26.3. The van der Waals surface area contributed by atoms with Crippen LogP contribution in [0.15, 0.2) is 90.1 Å². The Morgan fingerprint density at radius 1 is 0.789 bits per heavy atom. The normalized spacial score (nSPS) is 17.5. The van der Waals surface area contributed by atoms with Gasteiger partial charge in [-0.05, 0) is 36.1 Å². The highest BCUT2D eigenvalue weighted by molar-refractivity contribution is 6.54. The molecule has 0 spiro atoms. The standard InChI is InChI=1S/C32H38N4O2/c1-25(2)24-38-33-30-28-16-9-10-17-29(28)36(32(30)37)19-11-18-34-20-22-35(23-21-34)31(26-12-5-3-6-13-26)27-14-7-4-8-15-27/h3-10,12-17,25,31H,11,18-24H2,1-2H3/b33-30-. The van der Waals surface area contributed by atoms with Crippen molar-refractivity contribution >= 4 is 17.3 Å². The van der Waals surface area contributed by atoms with Gasteiger partial charge in [0.1, 0.15) is 6.61 Å². The molecule has 5 rings (SSSR count).